The van der Waals surface area contributed by atoms with Crippen molar-refractivity contribution in [2.75, 3.05) is 7.11 Å². The minimum Gasteiger partial charge on any atom is -0.378 e. The molecule has 2 heterocycles. The molecule has 1 aromatic carbocycles. The Labute approximate surface area is 136 Å². The first kappa shape index (κ1) is 14.4. The number of methoxy groups -OCH3 is 1. The van der Waals surface area contributed by atoms with E-state index in [1.165, 1.54) is 17.7 Å². The fraction of sp³-hybridized carbons (Fsp3) is 0.368. The first-order chi connectivity index (χ1) is 11.3. The predicted molar refractivity (Wildman–Crippen MR) is 90.3 cm³/mol. The number of benzene rings is 1. The Morgan fingerprint density at radius 1 is 1.26 bits per heavy atom. The number of hydrogen-bond acceptors (Lipinski definition) is 3. The lowest BCUT2D eigenvalue weighted by Crippen LogP contribution is -2.16. The summed E-state index contributed by atoms with van der Waals surface area (Å²) in [5.41, 5.74) is 6.78. The maximum atomic E-state index is 5.38. The van der Waals surface area contributed by atoms with E-state index in [0.717, 1.165) is 41.2 Å². The van der Waals surface area contributed by atoms with E-state index in [2.05, 4.69) is 35.7 Å². The Kier molecular flexibility index (Phi) is 3.62. The Hall–Kier alpha value is -2.20. The molecule has 2 aromatic heterocycles. The van der Waals surface area contributed by atoms with Crippen molar-refractivity contribution in [1.82, 2.24) is 14.6 Å². The zero-order valence-electron chi connectivity index (χ0n) is 13.6. The van der Waals surface area contributed by atoms with Crippen LogP contribution in [0.1, 0.15) is 30.3 Å². The van der Waals surface area contributed by atoms with Gasteiger partial charge in [0.15, 0.2) is 5.65 Å². The lowest BCUT2D eigenvalue weighted by molar-refractivity contribution is 0.181. The first-order valence-electron chi connectivity index (χ1n) is 8.20. The molecule has 1 atom stereocenters. The van der Waals surface area contributed by atoms with Crippen LogP contribution in [0.15, 0.2) is 36.5 Å². The number of fused-ring (bicyclic) bond motifs is 3. The van der Waals surface area contributed by atoms with Crippen molar-refractivity contribution in [2.24, 2.45) is 5.92 Å². The van der Waals surface area contributed by atoms with Crippen molar-refractivity contribution in [3.8, 4) is 11.1 Å². The van der Waals surface area contributed by atoms with Crippen molar-refractivity contribution < 1.29 is 4.74 Å². The quantitative estimate of drug-likeness (QED) is 0.741. The van der Waals surface area contributed by atoms with Crippen LogP contribution in [0.4, 0.5) is 0 Å². The molecule has 23 heavy (non-hydrogen) atoms. The van der Waals surface area contributed by atoms with Gasteiger partial charge in [-0.05, 0) is 36.3 Å². The van der Waals surface area contributed by atoms with Gasteiger partial charge < -0.3 is 4.74 Å². The molecular weight excluding hydrogens is 286 g/mol. The summed E-state index contributed by atoms with van der Waals surface area (Å²) in [4.78, 5) is 4.75. The molecule has 1 unspecified atom stereocenters. The molecule has 1 aliphatic carbocycles. The number of aryl methyl sites for hydroxylation is 1. The highest BCUT2D eigenvalue weighted by atomic mass is 16.5. The highest BCUT2D eigenvalue weighted by Crippen LogP contribution is 2.31. The lowest BCUT2D eigenvalue weighted by atomic mass is 9.89. The van der Waals surface area contributed by atoms with Crippen molar-refractivity contribution in [3.05, 3.63) is 53.5 Å². The van der Waals surface area contributed by atoms with E-state index < -0.39 is 0 Å². The molecular formula is C19H21N3O. The molecule has 0 radical (unpaired) electrons. The van der Waals surface area contributed by atoms with Crippen LogP contribution in [0, 0.1) is 5.92 Å². The van der Waals surface area contributed by atoms with Crippen molar-refractivity contribution in [3.63, 3.8) is 0 Å². The molecule has 0 aliphatic heterocycles. The number of hydrogen-bond donors (Lipinski definition) is 0. The minimum absolute atomic E-state index is 0.499. The monoisotopic (exact) mass is 307 g/mol. The van der Waals surface area contributed by atoms with Crippen molar-refractivity contribution in [2.45, 2.75) is 32.8 Å². The average molecular weight is 307 g/mol. The number of nitrogens with zero attached hydrogens (tertiary/aromatic N) is 3. The molecule has 1 aliphatic rings. The molecule has 0 N–H and O–H groups in total. The normalized spacial score (nSPS) is 17.4. The topological polar surface area (TPSA) is 39.4 Å². The first-order valence-corrected chi connectivity index (χ1v) is 8.20. The van der Waals surface area contributed by atoms with Gasteiger partial charge in [-0.3, -0.25) is 0 Å². The summed E-state index contributed by atoms with van der Waals surface area (Å²) in [6.45, 7) is 2.81. The van der Waals surface area contributed by atoms with Crippen LogP contribution in [-0.4, -0.2) is 21.7 Å². The summed E-state index contributed by atoms with van der Waals surface area (Å²) in [6.07, 6.45) is 5.42. The van der Waals surface area contributed by atoms with Gasteiger partial charge in [-0.15, -0.1) is 0 Å². The zero-order chi connectivity index (χ0) is 15.8. The average Bonchev–Trinajstić information content (AvgIpc) is 2.94. The number of rotatable bonds is 3. The Balaban J connectivity index is 1.96. The van der Waals surface area contributed by atoms with Crippen LogP contribution in [-0.2, 0) is 24.2 Å². The summed E-state index contributed by atoms with van der Waals surface area (Å²) in [5, 5.41) is 4.85. The molecule has 0 spiro atoms. The van der Waals surface area contributed by atoms with Gasteiger partial charge in [0.25, 0.3) is 0 Å². The predicted octanol–water partition coefficient (Wildman–Crippen LogP) is 3.67. The second kappa shape index (κ2) is 5.78. The Morgan fingerprint density at radius 2 is 2.09 bits per heavy atom. The van der Waals surface area contributed by atoms with Crippen LogP contribution in [0.5, 0.6) is 0 Å². The van der Waals surface area contributed by atoms with E-state index in [9.17, 15) is 0 Å². The molecule has 0 amide bonds. The SMILES string of the molecule is COCc1nn2c3c(cnc2c1-c1ccccc1)CC(C)CC3. The van der Waals surface area contributed by atoms with Gasteiger partial charge >= 0.3 is 0 Å². The molecule has 0 saturated carbocycles. The molecule has 0 saturated heterocycles. The molecule has 4 nitrogen and oxygen atoms in total. The molecule has 0 bridgehead atoms. The number of aromatic nitrogens is 3. The minimum atomic E-state index is 0.499. The zero-order valence-corrected chi connectivity index (χ0v) is 13.6. The van der Waals surface area contributed by atoms with Gasteiger partial charge in [-0.1, -0.05) is 37.3 Å². The summed E-state index contributed by atoms with van der Waals surface area (Å²) >= 11 is 0. The third kappa shape index (κ3) is 2.43. The van der Waals surface area contributed by atoms with Gasteiger partial charge in [0.1, 0.15) is 0 Å². The number of ether oxygens (including phenoxy) is 1. The van der Waals surface area contributed by atoms with E-state index in [-0.39, 0.29) is 0 Å². The standard InChI is InChI=1S/C19H21N3O/c1-13-8-9-17-15(10-13)11-20-19-18(14-6-4-3-5-7-14)16(12-23-2)21-22(17)19/h3-7,11,13H,8-10,12H2,1-2H3. The van der Waals surface area contributed by atoms with Crippen LogP contribution in [0.3, 0.4) is 0 Å². The van der Waals surface area contributed by atoms with E-state index in [1.807, 2.05) is 12.3 Å². The van der Waals surface area contributed by atoms with Crippen molar-refractivity contribution >= 4 is 5.65 Å². The third-order valence-electron chi connectivity index (χ3n) is 4.69. The molecule has 3 aromatic rings. The summed E-state index contributed by atoms with van der Waals surface area (Å²) in [6, 6.07) is 10.4. The molecule has 118 valence electrons. The maximum absolute atomic E-state index is 5.38. The summed E-state index contributed by atoms with van der Waals surface area (Å²) in [5.74, 6) is 0.726. The fourth-order valence-corrected chi connectivity index (χ4v) is 3.55. The molecule has 4 rings (SSSR count). The van der Waals surface area contributed by atoms with E-state index >= 15 is 0 Å². The second-order valence-corrected chi connectivity index (χ2v) is 6.43. The van der Waals surface area contributed by atoms with E-state index in [1.54, 1.807) is 7.11 Å². The van der Waals surface area contributed by atoms with E-state index in [0.29, 0.717) is 6.61 Å². The smallest absolute Gasteiger partial charge is 0.163 e. The van der Waals surface area contributed by atoms with Gasteiger partial charge in [-0.2, -0.15) is 5.10 Å². The van der Waals surface area contributed by atoms with Crippen LogP contribution >= 0.6 is 0 Å². The van der Waals surface area contributed by atoms with Gasteiger partial charge in [0.2, 0.25) is 0 Å². The lowest BCUT2D eigenvalue weighted by Gasteiger charge is -2.21. The summed E-state index contributed by atoms with van der Waals surface area (Å²) < 4.78 is 7.43. The van der Waals surface area contributed by atoms with E-state index in [4.69, 9.17) is 14.8 Å². The van der Waals surface area contributed by atoms with Crippen molar-refractivity contribution in [1.29, 1.82) is 0 Å². The largest absolute Gasteiger partial charge is 0.378 e. The Bertz CT molecular complexity index is 839. The van der Waals surface area contributed by atoms with Crippen LogP contribution in [0.25, 0.3) is 16.8 Å². The highest BCUT2D eigenvalue weighted by Gasteiger charge is 2.23. The molecule has 4 heteroatoms. The van der Waals surface area contributed by atoms with Gasteiger partial charge in [-0.25, -0.2) is 9.50 Å². The third-order valence-corrected chi connectivity index (χ3v) is 4.69. The fourth-order valence-electron chi connectivity index (χ4n) is 3.55. The van der Waals surface area contributed by atoms with Crippen LogP contribution in [0.2, 0.25) is 0 Å². The maximum Gasteiger partial charge on any atom is 0.163 e. The second-order valence-electron chi connectivity index (χ2n) is 6.43. The Morgan fingerprint density at radius 3 is 2.87 bits per heavy atom. The highest BCUT2D eigenvalue weighted by molar-refractivity contribution is 5.80. The van der Waals surface area contributed by atoms with Crippen LogP contribution < -0.4 is 0 Å². The van der Waals surface area contributed by atoms with Gasteiger partial charge in [0, 0.05) is 19.0 Å². The summed E-state index contributed by atoms with van der Waals surface area (Å²) in [7, 11) is 1.71. The molecule has 0 fully saturated rings. The van der Waals surface area contributed by atoms with Gasteiger partial charge in [0.05, 0.1) is 17.9 Å².